The largest absolute Gasteiger partial charge is 0.337 e. The van der Waals surface area contributed by atoms with Crippen LogP contribution in [0.5, 0.6) is 0 Å². The maximum absolute atomic E-state index is 6.11. The topological polar surface area (TPSA) is 87.7 Å². The standard InChI is InChI=1S/C11H18N6/c1-16-5-3-14-10(16)9(8(13)7-12)11-15-4-6-17(11)2/h3-6,8-9H,7,12-13H2,1-2H3. The third-order valence-corrected chi connectivity index (χ3v) is 2.97. The quantitative estimate of drug-likeness (QED) is 0.751. The third kappa shape index (κ3) is 2.09. The zero-order valence-electron chi connectivity index (χ0n) is 10.1. The van der Waals surface area contributed by atoms with Gasteiger partial charge >= 0.3 is 0 Å². The van der Waals surface area contributed by atoms with E-state index in [0.29, 0.717) is 6.54 Å². The fourth-order valence-corrected chi connectivity index (χ4v) is 1.99. The van der Waals surface area contributed by atoms with Crippen molar-refractivity contribution < 1.29 is 0 Å². The summed E-state index contributed by atoms with van der Waals surface area (Å²) in [7, 11) is 3.89. The van der Waals surface area contributed by atoms with Crippen LogP contribution in [-0.2, 0) is 14.1 Å². The summed E-state index contributed by atoms with van der Waals surface area (Å²) in [5.74, 6) is 1.69. The number of aryl methyl sites for hydroxylation is 2. The second-order valence-corrected chi connectivity index (χ2v) is 4.17. The van der Waals surface area contributed by atoms with Gasteiger partial charge in [-0.05, 0) is 0 Å². The maximum atomic E-state index is 6.11. The zero-order chi connectivity index (χ0) is 12.4. The minimum absolute atomic E-state index is 0.0833. The molecule has 0 aliphatic heterocycles. The van der Waals surface area contributed by atoms with Crippen molar-refractivity contribution in [2.45, 2.75) is 12.0 Å². The first-order valence-electron chi connectivity index (χ1n) is 5.55. The highest BCUT2D eigenvalue weighted by Gasteiger charge is 2.27. The average molecular weight is 234 g/mol. The Morgan fingerprint density at radius 1 is 1.12 bits per heavy atom. The second-order valence-electron chi connectivity index (χ2n) is 4.17. The Bertz CT molecular complexity index is 445. The molecular formula is C11H18N6. The van der Waals surface area contributed by atoms with E-state index in [2.05, 4.69) is 9.97 Å². The van der Waals surface area contributed by atoms with E-state index in [9.17, 15) is 0 Å². The van der Waals surface area contributed by atoms with Crippen LogP contribution in [0.1, 0.15) is 17.6 Å². The number of hydrogen-bond donors (Lipinski definition) is 2. The van der Waals surface area contributed by atoms with Crippen molar-refractivity contribution in [3.8, 4) is 0 Å². The first-order valence-corrected chi connectivity index (χ1v) is 5.55. The lowest BCUT2D eigenvalue weighted by Crippen LogP contribution is -2.38. The summed E-state index contributed by atoms with van der Waals surface area (Å²) in [6, 6.07) is -0.197. The highest BCUT2D eigenvalue weighted by atomic mass is 15.1. The Kier molecular flexibility index (Phi) is 3.26. The molecular weight excluding hydrogens is 216 g/mol. The van der Waals surface area contributed by atoms with E-state index >= 15 is 0 Å². The number of rotatable bonds is 4. The van der Waals surface area contributed by atoms with Crippen LogP contribution >= 0.6 is 0 Å². The Morgan fingerprint density at radius 2 is 1.59 bits per heavy atom. The lowest BCUT2D eigenvalue weighted by molar-refractivity contribution is 0.525. The van der Waals surface area contributed by atoms with Crippen LogP contribution in [0.3, 0.4) is 0 Å². The normalized spacial score (nSPS) is 13.2. The molecule has 0 aromatic carbocycles. The fraction of sp³-hybridized carbons (Fsp3) is 0.455. The van der Waals surface area contributed by atoms with Gasteiger partial charge in [-0.1, -0.05) is 0 Å². The molecule has 0 saturated carbocycles. The van der Waals surface area contributed by atoms with E-state index in [1.807, 2.05) is 35.6 Å². The molecule has 92 valence electrons. The number of aromatic nitrogens is 4. The predicted molar refractivity (Wildman–Crippen MR) is 65.3 cm³/mol. The summed E-state index contributed by atoms with van der Waals surface area (Å²) in [4.78, 5) is 8.71. The molecule has 1 unspecified atom stereocenters. The van der Waals surface area contributed by atoms with Crippen molar-refractivity contribution in [1.82, 2.24) is 19.1 Å². The molecule has 0 amide bonds. The van der Waals surface area contributed by atoms with Crippen LogP contribution in [-0.4, -0.2) is 31.7 Å². The van der Waals surface area contributed by atoms with Gasteiger partial charge in [0, 0.05) is 51.5 Å². The van der Waals surface area contributed by atoms with Crippen LogP contribution in [0.2, 0.25) is 0 Å². The Hall–Kier alpha value is -1.66. The summed E-state index contributed by atoms with van der Waals surface area (Å²) >= 11 is 0. The van der Waals surface area contributed by atoms with Crippen molar-refractivity contribution in [2.24, 2.45) is 25.6 Å². The minimum atomic E-state index is -0.197. The van der Waals surface area contributed by atoms with E-state index < -0.39 is 0 Å². The van der Waals surface area contributed by atoms with E-state index in [4.69, 9.17) is 11.5 Å². The highest BCUT2D eigenvalue weighted by Crippen LogP contribution is 2.23. The molecule has 0 bridgehead atoms. The van der Waals surface area contributed by atoms with Crippen LogP contribution < -0.4 is 11.5 Å². The van der Waals surface area contributed by atoms with Gasteiger partial charge in [0.1, 0.15) is 11.6 Å². The van der Waals surface area contributed by atoms with E-state index in [1.165, 1.54) is 0 Å². The van der Waals surface area contributed by atoms with E-state index in [1.54, 1.807) is 12.4 Å². The molecule has 1 atom stereocenters. The Morgan fingerprint density at radius 3 is 1.88 bits per heavy atom. The molecule has 2 aromatic rings. The van der Waals surface area contributed by atoms with Gasteiger partial charge in [-0.15, -0.1) is 0 Å². The Labute approximate surface area is 100 Å². The summed E-state index contributed by atoms with van der Waals surface area (Å²) in [6.07, 6.45) is 7.31. The first kappa shape index (κ1) is 11.8. The fourth-order valence-electron chi connectivity index (χ4n) is 1.99. The third-order valence-electron chi connectivity index (χ3n) is 2.97. The van der Waals surface area contributed by atoms with Gasteiger partial charge in [-0.3, -0.25) is 0 Å². The van der Waals surface area contributed by atoms with Gasteiger partial charge in [0.2, 0.25) is 0 Å². The lowest BCUT2D eigenvalue weighted by Gasteiger charge is -2.22. The molecule has 0 aliphatic rings. The predicted octanol–water partition coefficient (Wildman–Crippen LogP) is -0.428. The SMILES string of the molecule is Cn1ccnc1C(c1nccn1C)C(N)CN. The van der Waals surface area contributed by atoms with Crippen molar-refractivity contribution in [1.29, 1.82) is 0 Å². The zero-order valence-corrected chi connectivity index (χ0v) is 10.1. The van der Waals surface area contributed by atoms with Crippen LogP contribution in [0.4, 0.5) is 0 Å². The smallest absolute Gasteiger partial charge is 0.120 e. The molecule has 6 heteroatoms. The summed E-state index contributed by atoms with van der Waals surface area (Å²) in [5.41, 5.74) is 11.8. The van der Waals surface area contributed by atoms with Crippen molar-refractivity contribution >= 4 is 0 Å². The van der Waals surface area contributed by atoms with Crippen LogP contribution in [0, 0.1) is 0 Å². The number of imidazole rings is 2. The van der Waals surface area contributed by atoms with Gasteiger partial charge in [0.05, 0.1) is 5.92 Å². The second kappa shape index (κ2) is 4.68. The van der Waals surface area contributed by atoms with Crippen LogP contribution in [0.25, 0.3) is 0 Å². The molecule has 6 nitrogen and oxygen atoms in total. The summed E-state index contributed by atoms with van der Waals surface area (Å²) < 4.78 is 3.91. The van der Waals surface area contributed by atoms with Gasteiger partial charge in [-0.2, -0.15) is 0 Å². The van der Waals surface area contributed by atoms with E-state index in [-0.39, 0.29) is 12.0 Å². The van der Waals surface area contributed by atoms with Gasteiger partial charge < -0.3 is 20.6 Å². The minimum Gasteiger partial charge on any atom is -0.337 e. The lowest BCUT2D eigenvalue weighted by atomic mass is 9.98. The molecule has 2 rings (SSSR count). The molecule has 2 heterocycles. The number of hydrogen-bond acceptors (Lipinski definition) is 4. The summed E-state index contributed by atoms with van der Waals surface area (Å²) in [5, 5.41) is 0. The van der Waals surface area contributed by atoms with Crippen molar-refractivity contribution in [3.05, 3.63) is 36.4 Å². The molecule has 2 aromatic heterocycles. The van der Waals surface area contributed by atoms with Gasteiger partial charge in [-0.25, -0.2) is 9.97 Å². The Balaban J connectivity index is 2.46. The molecule has 0 spiro atoms. The van der Waals surface area contributed by atoms with Crippen molar-refractivity contribution in [3.63, 3.8) is 0 Å². The number of nitrogens with two attached hydrogens (primary N) is 2. The summed E-state index contributed by atoms with van der Waals surface area (Å²) in [6.45, 7) is 0.393. The molecule has 17 heavy (non-hydrogen) atoms. The van der Waals surface area contributed by atoms with Gasteiger partial charge in [0.25, 0.3) is 0 Å². The van der Waals surface area contributed by atoms with Crippen molar-refractivity contribution in [2.75, 3.05) is 6.54 Å². The van der Waals surface area contributed by atoms with Gasteiger partial charge in [0.15, 0.2) is 0 Å². The molecule has 0 aliphatic carbocycles. The molecule has 4 N–H and O–H groups in total. The average Bonchev–Trinajstić information content (AvgIpc) is 2.90. The monoisotopic (exact) mass is 234 g/mol. The first-order chi connectivity index (χ1) is 8.15. The molecule has 0 radical (unpaired) electrons. The number of nitrogens with zero attached hydrogens (tertiary/aromatic N) is 4. The van der Waals surface area contributed by atoms with Crippen LogP contribution in [0.15, 0.2) is 24.8 Å². The highest BCUT2D eigenvalue weighted by molar-refractivity contribution is 5.17. The van der Waals surface area contributed by atoms with E-state index in [0.717, 1.165) is 11.6 Å². The maximum Gasteiger partial charge on any atom is 0.120 e. The molecule has 0 fully saturated rings. The molecule has 0 saturated heterocycles.